The Bertz CT molecular complexity index is 475. The van der Waals surface area contributed by atoms with Crippen molar-refractivity contribution in [2.45, 2.75) is 44.8 Å². The van der Waals surface area contributed by atoms with Crippen LogP contribution in [0.3, 0.4) is 0 Å². The van der Waals surface area contributed by atoms with Gasteiger partial charge in [0.05, 0.1) is 18.1 Å². The smallest absolute Gasteiger partial charge is 0.230 e. The van der Waals surface area contributed by atoms with E-state index in [4.69, 9.17) is 4.74 Å². The zero-order valence-corrected chi connectivity index (χ0v) is 11.6. The molecule has 1 aromatic rings. The van der Waals surface area contributed by atoms with Crippen molar-refractivity contribution in [1.82, 2.24) is 4.90 Å². The van der Waals surface area contributed by atoms with Crippen LogP contribution in [0.25, 0.3) is 0 Å². The molecule has 1 amide bonds. The Morgan fingerprint density at radius 3 is 2.63 bits per heavy atom. The summed E-state index contributed by atoms with van der Waals surface area (Å²) in [6, 6.07) is 8.35. The molecule has 1 heterocycles. The van der Waals surface area contributed by atoms with Gasteiger partial charge in [0.15, 0.2) is 0 Å². The third kappa shape index (κ3) is 2.39. The van der Waals surface area contributed by atoms with Crippen LogP contribution in [-0.4, -0.2) is 36.1 Å². The van der Waals surface area contributed by atoms with E-state index in [-0.39, 0.29) is 24.0 Å². The zero-order chi connectivity index (χ0) is 13.4. The number of hydrogen-bond donors (Lipinski definition) is 0. The lowest BCUT2D eigenvalue weighted by Gasteiger charge is -2.36. The van der Waals surface area contributed by atoms with Crippen LogP contribution in [0.1, 0.15) is 37.3 Å². The predicted molar refractivity (Wildman–Crippen MR) is 74.1 cm³/mol. The molecule has 0 N–H and O–H groups in total. The van der Waals surface area contributed by atoms with E-state index in [1.165, 1.54) is 11.1 Å². The molecule has 1 saturated heterocycles. The van der Waals surface area contributed by atoms with Crippen molar-refractivity contribution in [3.63, 3.8) is 0 Å². The number of hydrogen-bond acceptors (Lipinski definition) is 2. The molecule has 102 valence electrons. The molecule has 0 spiro atoms. The summed E-state index contributed by atoms with van der Waals surface area (Å²) in [6.07, 6.45) is 2.27. The predicted octanol–water partition coefficient (Wildman–Crippen LogP) is 2.35. The van der Waals surface area contributed by atoms with Crippen molar-refractivity contribution >= 4 is 5.91 Å². The van der Waals surface area contributed by atoms with E-state index in [2.05, 4.69) is 18.2 Å². The van der Waals surface area contributed by atoms with E-state index in [1.807, 2.05) is 24.8 Å². The van der Waals surface area contributed by atoms with Crippen molar-refractivity contribution in [1.29, 1.82) is 0 Å². The minimum Gasteiger partial charge on any atom is -0.372 e. The second kappa shape index (κ2) is 4.97. The molecule has 3 heteroatoms. The SMILES string of the molecule is CC1CN(C(=O)C2CCc3ccccc32)CC(C)O1. The fraction of sp³-hybridized carbons (Fsp3) is 0.562. The van der Waals surface area contributed by atoms with Gasteiger partial charge in [-0.15, -0.1) is 0 Å². The maximum absolute atomic E-state index is 12.7. The average Bonchev–Trinajstić information content (AvgIpc) is 2.80. The van der Waals surface area contributed by atoms with Gasteiger partial charge < -0.3 is 9.64 Å². The van der Waals surface area contributed by atoms with Gasteiger partial charge in [0.25, 0.3) is 0 Å². The van der Waals surface area contributed by atoms with E-state index in [0.717, 1.165) is 25.9 Å². The molecule has 0 radical (unpaired) electrons. The van der Waals surface area contributed by atoms with Crippen LogP contribution in [-0.2, 0) is 16.0 Å². The van der Waals surface area contributed by atoms with Crippen molar-refractivity contribution in [2.75, 3.05) is 13.1 Å². The summed E-state index contributed by atoms with van der Waals surface area (Å²) in [5, 5.41) is 0. The second-order valence-electron chi connectivity index (χ2n) is 5.79. The molecule has 19 heavy (non-hydrogen) atoms. The van der Waals surface area contributed by atoms with E-state index in [1.54, 1.807) is 0 Å². The number of fused-ring (bicyclic) bond motifs is 1. The monoisotopic (exact) mass is 259 g/mol. The van der Waals surface area contributed by atoms with Crippen LogP contribution in [0, 0.1) is 0 Å². The Labute approximate surface area is 114 Å². The Hall–Kier alpha value is -1.35. The first-order chi connectivity index (χ1) is 9.15. The van der Waals surface area contributed by atoms with Gasteiger partial charge in [-0.1, -0.05) is 24.3 Å². The Morgan fingerprint density at radius 2 is 1.89 bits per heavy atom. The number of aryl methyl sites for hydroxylation is 1. The van der Waals surface area contributed by atoms with Crippen LogP contribution < -0.4 is 0 Å². The minimum atomic E-state index is 0.0636. The molecule has 0 bridgehead atoms. The molecule has 1 fully saturated rings. The summed E-state index contributed by atoms with van der Waals surface area (Å²) < 4.78 is 5.70. The van der Waals surface area contributed by atoms with Gasteiger partial charge in [0, 0.05) is 13.1 Å². The molecule has 1 aromatic carbocycles. The molecule has 1 aliphatic heterocycles. The van der Waals surface area contributed by atoms with Gasteiger partial charge in [-0.3, -0.25) is 4.79 Å². The third-order valence-electron chi connectivity index (χ3n) is 4.16. The van der Waals surface area contributed by atoms with Crippen molar-refractivity contribution in [3.05, 3.63) is 35.4 Å². The highest BCUT2D eigenvalue weighted by molar-refractivity contribution is 5.85. The van der Waals surface area contributed by atoms with E-state index in [0.29, 0.717) is 0 Å². The second-order valence-corrected chi connectivity index (χ2v) is 5.79. The van der Waals surface area contributed by atoms with Crippen molar-refractivity contribution < 1.29 is 9.53 Å². The normalized spacial score (nSPS) is 30.2. The van der Waals surface area contributed by atoms with Gasteiger partial charge in [-0.2, -0.15) is 0 Å². The van der Waals surface area contributed by atoms with Gasteiger partial charge in [0.2, 0.25) is 5.91 Å². The number of amides is 1. The summed E-state index contributed by atoms with van der Waals surface area (Å²) in [5.74, 6) is 0.348. The highest BCUT2D eigenvalue weighted by Crippen LogP contribution is 2.34. The molecule has 3 rings (SSSR count). The zero-order valence-electron chi connectivity index (χ0n) is 11.6. The number of nitrogens with zero attached hydrogens (tertiary/aromatic N) is 1. The molecule has 3 nitrogen and oxygen atoms in total. The Morgan fingerprint density at radius 1 is 1.21 bits per heavy atom. The highest BCUT2D eigenvalue weighted by atomic mass is 16.5. The van der Waals surface area contributed by atoms with Crippen LogP contribution >= 0.6 is 0 Å². The summed E-state index contributed by atoms with van der Waals surface area (Å²) in [7, 11) is 0. The van der Waals surface area contributed by atoms with Crippen LogP contribution in [0.15, 0.2) is 24.3 Å². The number of morpholine rings is 1. The van der Waals surface area contributed by atoms with Crippen LogP contribution in [0.2, 0.25) is 0 Å². The topological polar surface area (TPSA) is 29.5 Å². The lowest BCUT2D eigenvalue weighted by Crippen LogP contribution is -2.49. The average molecular weight is 259 g/mol. The molecule has 2 aliphatic rings. The van der Waals surface area contributed by atoms with Crippen LogP contribution in [0.4, 0.5) is 0 Å². The van der Waals surface area contributed by atoms with E-state index < -0.39 is 0 Å². The largest absolute Gasteiger partial charge is 0.372 e. The molecule has 1 aliphatic carbocycles. The summed E-state index contributed by atoms with van der Waals surface area (Å²) in [6.45, 7) is 5.53. The maximum Gasteiger partial charge on any atom is 0.230 e. The van der Waals surface area contributed by atoms with E-state index >= 15 is 0 Å². The lowest BCUT2D eigenvalue weighted by molar-refractivity contribution is -0.144. The molecule has 0 aromatic heterocycles. The maximum atomic E-state index is 12.7. The quantitative estimate of drug-likeness (QED) is 0.775. The molecular weight excluding hydrogens is 238 g/mol. The fourth-order valence-corrected chi connectivity index (χ4v) is 3.39. The first kappa shape index (κ1) is 12.7. The number of ether oxygens (including phenoxy) is 1. The van der Waals surface area contributed by atoms with Gasteiger partial charge >= 0.3 is 0 Å². The fourth-order valence-electron chi connectivity index (χ4n) is 3.39. The first-order valence-corrected chi connectivity index (χ1v) is 7.17. The summed E-state index contributed by atoms with van der Waals surface area (Å²) >= 11 is 0. The summed E-state index contributed by atoms with van der Waals surface area (Å²) in [4.78, 5) is 14.7. The standard InChI is InChI=1S/C16H21NO2/c1-11-9-17(10-12(2)19-11)16(18)15-8-7-13-5-3-4-6-14(13)15/h3-6,11-12,15H,7-10H2,1-2H3. The number of carbonyl (C=O) groups is 1. The highest BCUT2D eigenvalue weighted by Gasteiger charge is 2.34. The van der Waals surface area contributed by atoms with Gasteiger partial charge in [-0.25, -0.2) is 0 Å². The Balaban J connectivity index is 1.78. The molecule has 0 saturated carbocycles. The molecular formula is C16H21NO2. The van der Waals surface area contributed by atoms with Crippen LogP contribution in [0.5, 0.6) is 0 Å². The van der Waals surface area contributed by atoms with Crippen molar-refractivity contribution in [2.24, 2.45) is 0 Å². The van der Waals surface area contributed by atoms with E-state index in [9.17, 15) is 4.79 Å². The number of benzene rings is 1. The molecule has 3 unspecified atom stereocenters. The number of rotatable bonds is 1. The first-order valence-electron chi connectivity index (χ1n) is 7.17. The van der Waals surface area contributed by atoms with Gasteiger partial charge in [-0.05, 0) is 37.8 Å². The summed E-state index contributed by atoms with van der Waals surface area (Å²) in [5.41, 5.74) is 2.58. The van der Waals surface area contributed by atoms with Crippen molar-refractivity contribution in [3.8, 4) is 0 Å². The van der Waals surface area contributed by atoms with Gasteiger partial charge in [0.1, 0.15) is 0 Å². The third-order valence-corrected chi connectivity index (χ3v) is 4.16. The minimum absolute atomic E-state index is 0.0636. The molecule has 3 atom stereocenters. The lowest BCUT2D eigenvalue weighted by atomic mass is 9.99. The Kier molecular flexibility index (Phi) is 3.31. The number of carbonyl (C=O) groups excluding carboxylic acids is 1.